The number of thiazole rings is 1. The normalized spacial score (nSPS) is 13.3. The summed E-state index contributed by atoms with van der Waals surface area (Å²) in [6.45, 7) is 7.76. The van der Waals surface area contributed by atoms with Crippen LogP contribution in [0.1, 0.15) is 36.1 Å². The molecule has 12 heteroatoms. The number of ether oxygens (including phenoxy) is 1. The molecule has 0 bridgehead atoms. The number of nitrogens with zero attached hydrogens (tertiary/aromatic N) is 2. The zero-order chi connectivity index (χ0) is 32.7. The van der Waals surface area contributed by atoms with Crippen molar-refractivity contribution >= 4 is 42.6 Å². The number of hydrogen-bond acceptors (Lipinski definition) is 9. The van der Waals surface area contributed by atoms with E-state index in [0.717, 1.165) is 27.0 Å². The Balaban J connectivity index is 1.55. The molecule has 242 valence electrons. The summed E-state index contributed by atoms with van der Waals surface area (Å²) >= 11 is 1.37. The monoisotopic (exact) mass is 653 g/mol. The van der Waals surface area contributed by atoms with Gasteiger partial charge in [0.25, 0.3) is 5.91 Å². The first kappa shape index (κ1) is 34.3. The summed E-state index contributed by atoms with van der Waals surface area (Å²) in [4.78, 5) is 17.8. The van der Waals surface area contributed by atoms with Crippen molar-refractivity contribution in [3.05, 3.63) is 82.9 Å². The third-order valence-electron chi connectivity index (χ3n) is 7.38. The van der Waals surface area contributed by atoms with Crippen LogP contribution in [0.4, 0.5) is 5.13 Å². The minimum Gasteiger partial charge on any atom is -0.483 e. The van der Waals surface area contributed by atoms with Crippen molar-refractivity contribution in [2.45, 2.75) is 57.7 Å². The number of aryl methyl sites for hydroxylation is 2. The number of fused-ring (bicyclic) bond motifs is 1. The molecule has 0 aliphatic rings. The molecule has 45 heavy (non-hydrogen) atoms. The molecule has 2 atom stereocenters. The van der Waals surface area contributed by atoms with Gasteiger partial charge in [0.05, 0.1) is 27.3 Å². The summed E-state index contributed by atoms with van der Waals surface area (Å²) in [5.74, 6) is 0.171. The fourth-order valence-electron chi connectivity index (χ4n) is 5.26. The number of aromatic nitrogens is 1. The summed E-state index contributed by atoms with van der Waals surface area (Å²) < 4.78 is 35.9. The summed E-state index contributed by atoms with van der Waals surface area (Å²) in [6, 6.07) is 17.4. The molecule has 0 saturated heterocycles. The van der Waals surface area contributed by atoms with Gasteiger partial charge in [0.2, 0.25) is 10.0 Å². The van der Waals surface area contributed by atoms with Crippen molar-refractivity contribution < 1.29 is 23.1 Å². The van der Waals surface area contributed by atoms with Crippen LogP contribution in [0.2, 0.25) is 0 Å². The molecule has 4 rings (SSSR count). The van der Waals surface area contributed by atoms with Gasteiger partial charge in [0.15, 0.2) is 11.7 Å². The predicted octanol–water partition coefficient (Wildman–Crippen LogP) is 4.23. The maximum atomic E-state index is 14.0. The van der Waals surface area contributed by atoms with E-state index in [1.54, 1.807) is 25.2 Å². The van der Waals surface area contributed by atoms with Crippen LogP contribution in [0.25, 0.3) is 10.2 Å². The van der Waals surface area contributed by atoms with Crippen LogP contribution in [0.3, 0.4) is 0 Å². The maximum Gasteiger partial charge on any atom is 0.258 e. The first-order valence-electron chi connectivity index (χ1n) is 14.9. The average molecular weight is 654 g/mol. The van der Waals surface area contributed by atoms with Crippen molar-refractivity contribution in [2.24, 2.45) is 11.7 Å². The summed E-state index contributed by atoms with van der Waals surface area (Å²) in [7, 11) is -2.23. The van der Waals surface area contributed by atoms with E-state index >= 15 is 0 Å². The number of benzene rings is 3. The lowest BCUT2D eigenvalue weighted by Crippen LogP contribution is -2.52. The van der Waals surface area contributed by atoms with Crippen LogP contribution in [-0.4, -0.2) is 67.6 Å². The van der Waals surface area contributed by atoms with Crippen LogP contribution < -0.4 is 21.1 Å². The lowest BCUT2D eigenvalue weighted by atomic mass is 10.0. The van der Waals surface area contributed by atoms with Gasteiger partial charge in [0.1, 0.15) is 5.75 Å². The van der Waals surface area contributed by atoms with Gasteiger partial charge in [-0.2, -0.15) is 4.31 Å². The highest BCUT2D eigenvalue weighted by Gasteiger charge is 2.32. The first-order valence-corrected chi connectivity index (χ1v) is 17.2. The molecule has 0 spiro atoms. The molecule has 0 aliphatic carbocycles. The van der Waals surface area contributed by atoms with Gasteiger partial charge in [-0.3, -0.25) is 4.79 Å². The van der Waals surface area contributed by atoms with Gasteiger partial charge in [-0.25, -0.2) is 13.4 Å². The molecule has 0 fully saturated rings. The molecule has 2 unspecified atom stereocenters. The van der Waals surface area contributed by atoms with Gasteiger partial charge in [-0.05, 0) is 66.6 Å². The molecular weight excluding hydrogens is 611 g/mol. The maximum absolute atomic E-state index is 14.0. The largest absolute Gasteiger partial charge is 0.483 e. The average Bonchev–Trinajstić information content (AvgIpc) is 3.43. The van der Waals surface area contributed by atoms with Crippen LogP contribution in [0.5, 0.6) is 5.75 Å². The van der Waals surface area contributed by atoms with Crippen LogP contribution in [-0.2, 0) is 27.8 Å². The Bertz CT molecular complexity index is 1690. The number of aliphatic hydroxyl groups excluding tert-OH is 1. The quantitative estimate of drug-likeness (QED) is 0.149. The number of aliphatic hydroxyl groups is 1. The van der Waals surface area contributed by atoms with Gasteiger partial charge in [-0.1, -0.05) is 67.6 Å². The Kier molecular flexibility index (Phi) is 11.6. The highest BCUT2D eigenvalue weighted by molar-refractivity contribution is 7.89. The lowest BCUT2D eigenvalue weighted by molar-refractivity contribution is -0.124. The molecule has 3 aromatic carbocycles. The van der Waals surface area contributed by atoms with Crippen LogP contribution >= 0.6 is 11.3 Å². The number of anilines is 1. The van der Waals surface area contributed by atoms with E-state index < -0.39 is 28.1 Å². The van der Waals surface area contributed by atoms with Crippen LogP contribution in [0, 0.1) is 19.8 Å². The van der Waals surface area contributed by atoms with Crippen LogP contribution in [0.15, 0.2) is 65.6 Å². The topological polar surface area (TPSA) is 147 Å². The molecular formula is C33H43N5O5S2. The molecule has 0 saturated carbocycles. The second-order valence-corrected chi connectivity index (χ2v) is 14.6. The molecule has 1 heterocycles. The second kappa shape index (κ2) is 15.2. The third kappa shape index (κ3) is 8.80. The number of hydrogen-bond donors (Lipinski definition) is 4. The number of rotatable bonds is 15. The van der Waals surface area contributed by atoms with E-state index in [0.29, 0.717) is 29.4 Å². The Hall–Kier alpha value is -3.55. The van der Waals surface area contributed by atoms with Gasteiger partial charge in [-0.15, -0.1) is 0 Å². The summed E-state index contributed by atoms with van der Waals surface area (Å²) in [5, 5.41) is 18.2. The number of carbonyl (C=O) groups excluding carboxylic acids is 1. The number of carbonyl (C=O) groups is 1. The van der Waals surface area contributed by atoms with E-state index in [9.17, 15) is 18.3 Å². The van der Waals surface area contributed by atoms with E-state index in [1.807, 2.05) is 70.2 Å². The summed E-state index contributed by atoms with van der Waals surface area (Å²) in [5.41, 5.74) is 10.1. The Morgan fingerprint density at radius 2 is 1.73 bits per heavy atom. The van der Waals surface area contributed by atoms with Crippen molar-refractivity contribution in [1.29, 1.82) is 0 Å². The number of nitrogens with one attached hydrogen (secondary N) is 2. The molecule has 0 aliphatic heterocycles. The van der Waals surface area contributed by atoms with E-state index in [4.69, 9.17) is 10.5 Å². The van der Waals surface area contributed by atoms with E-state index in [1.165, 1.54) is 15.6 Å². The van der Waals surface area contributed by atoms with Gasteiger partial charge < -0.3 is 26.2 Å². The lowest BCUT2D eigenvalue weighted by Gasteiger charge is -2.30. The summed E-state index contributed by atoms with van der Waals surface area (Å²) in [6.07, 6.45) is -0.912. The fourth-order valence-corrected chi connectivity index (χ4v) is 7.84. The molecule has 10 nitrogen and oxygen atoms in total. The Morgan fingerprint density at radius 3 is 2.36 bits per heavy atom. The second-order valence-electron chi connectivity index (χ2n) is 11.6. The molecule has 1 amide bonds. The molecule has 0 radical (unpaired) electrons. The first-order chi connectivity index (χ1) is 21.4. The highest BCUT2D eigenvalue weighted by atomic mass is 32.2. The smallest absolute Gasteiger partial charge is 0.258 e. The molecule has 4 aromatic rings. The number of amides is 1. The SMILES string of the molecule is CNc1nc2ccc(S(=O)(=O)N(CC(C)C)CC(O)C(Cc3ccccc3)NC(=O)COc3c(C)cc(CN)cc3C)cc2s1. The van der Waals surface area contributed by atoms with E-state index in [-0.39, 0.29) is 30.5 Å². The minimum atomic E-state index is -3.99. The minimum absolute atomic E-state index is 0.0114. The van der Waals surface area contributed by atoms with Crippen molar-refractivity contribution in [1.82, 2.24) is 14.6 Å². The van der Waals surface area contributed by atoms with Crippen molar-refractivity contribution in [3.8, 4) is 5.75 Å². The number of sulfonamides is 1. The zero-order valence-electron chi connectivity index (χ0n) is 26.4. The standard InChI is InChI=1S/C33H43N5O5S2/c1-21(2)18-38(45(41,42)26-11-12-27-30(16-26)44-33(35-5)37-27)19-29(39)28(15-24-9-7-6-8-10-24)36-31(40)20-43-32-22(3)13-25(17-34)14-23(32)4/h6-14,16,21,28-29,39H,15,17-20,34H2,1-5H3,(H,35,37)(H,36,40). The zero-order valence-corrected chi connectivity index (χ0v) is 28.0. The van der Waals surface area contributed by atoms with Crippen molar-refractivity contribution in [2.75, 3.05) is 32.1 Å². The number of nitrogens with two attached hydrogens (primary N) is 1. The third-order valence-corrected chi connectivity index (χ3v) is 10.2. The fraction of sp³-hybridized carbons (Fsp3) is 0.394. The Labute approximate surface area is 269 Å². The van der Waals surface area contributed by atoms with Gasteiger partial charge >= 0.3 is 0 Å². The highest BCUT2D eigenvalue weighted by Crippen LogP contribution is 2.29. The van der Waals surface area contributed by atoms with E-state index in [2.05, 4.69) is 15.6 Å². The molecule has 5 N–H and O–H groups in total. The van der Waals surface area contributed by atoms with Gasteiger partial charge in [0, 0.05) is 26.7 Å². The Morgan fingerprint density at radius 1 is 1.04 bits per heavy atom. The van der Waals surface area contributed by atoms with Crippen molar-refractivity contribution in [3.63, 3.8) is 0 Å². The molecule has 1 aromatic heterocycles. The predicted molar refractivity (Wildman–Crippen MR) is 180 cm³/mol.